The molecule has 0 aliphatic rings. The van der Waals surface area contributed by atoms with Crippen molar-refractivity contribution >= 4 is 7.68 Å². The number of unbranched alkanes of at least 4 members (excludes halogenated alkanes) is 9. The van der Waals surface area contributed by atoms with Crippen molar-refractivity contribution in [3.63, 3.8) is 0 Å². The van der Waals surface area contributed by atoms with Crippen LogP contribution < -0.4 is 0 Å². The van der Waals surface area contributed by atoms with Crippen molar-refractivity contribution in [3.8, 4) is 0 Å². The van der Waals surface area contributed by atoms with E-state index >= 15 is 0 Å². The molecule has 0 fully saturated rings. The number of halogens is 1. The third-order valence-corrected chi connectivity index (χ3v) is 3.66. The molecular formula is C12H26FO2P. The lowest BCUT2D eigenvalue weighted by Gasteiger charge is -2.02. The minimum Gasteiger partial charge on any atom is -0.321 e. The molecule has 2 nitrogen and oxygen atoms in total. The van der Waals surface area contributed by atoms with Crippen molar-refractivity contribution in [1.82, 2.24) is 0 Å². The van der Waals surface area contributed by atoms with Gasteiger partial charge in [-0.25, -0.2) is 0 Å². The normalized spacial score (nSPS) is 14.9. The lowest BCUT2D eigenvalue weighted by molar-refractivity contribution is 0.426. The summed E-state index contributed by atoms with van der Waals surface area (Å²) >= 11 is 0. The maximum atomic E-state index is 12.2. The molecule has 1 unspecified atom stereocenters. The van der Waals surface area contributed by atoms with Crippen LogP contribution in [0.5, 0.6) is 0 Å². The molecule has 4 heteroatoms. The van der Waals surface area contributed by atoms with Crippen LogP contribution in [-0.2, 0) is 4.57 Å². The summed E-state index contributed by atoms with van der Waals surface area (Å²) in [7, 11) is -4.24. The minimum absolute atomic E-state index is 0.163. The third-order valence-electron chi connectivity index (χ3n) is 2.79. The van der Waals surface area contributed by atoms with E-state index in [0.717, 1.165) is 12.8 Å². The van der Waals surface area contributed by atoms with Crippen molar-refractivity contribution in [2.75, 3.05) is 6.16 Å². The van der Waals surface area contributed by atoms with E-state index in [0.29, 0.717) is 6.42 Å². The van der Waals surface area contributed by atoms with Crippen molar-refractivity contribution < 1.29 is 13.7 Å². The van der Waals surface area contributed by atoms with E-state index in [9.17, 15) is 8.76 Å². The second kappa shape index (κ2) is 10.3. The third kappa shape index (κ3) is 14.1. The van der Waals surface area contributed by atoms with E-state index in [1.807, 2.05) is 0 Å². The van der Waals surface area contributed by atoms with Gasteiger partial charge in [-0.05, 0) is 6.42 Å². The minimum atomic E-state index is -4.24. The molecule has 0 amide bonds. The fraction of sp³-hybridized carbons (Fsp3) is 1.00. The fourth-order valence-corrected chi connectivity index (χ4v) is 2.41. The average molecular weight is 252 g/mol. The smallest absolute Gasteiger partial charge is 0.321 e. The van der Waals surface area contributed by atoms with Crippen LogP contribution in [0.2, 0.25) is 0 Å². The quantitative estimate of drug-likeness (QED) is 0.412. The molecule has 0 spiro atoms. The molecule has 0 saturated carbocycles. The topological polar surface area (TPSA) is 37.3 Å². The first-order valence-electron chi connectivity index (χ1n) is 6.57. The second-order valence-electron chi connectivity index (χ2n) is 4.52. The molecule has 0 bridgehead atoms. The van der Waals surface area contributed by atoms with Crippen LogP contribution in [0.4, 0.5) is 4.20 Å². The predicted octanol–water partition coefficient (Wildman–Crippen LogP) is 5.06. The van der Waals surface area contributed by atoms with E-state index in [1.54, 1.807) is 0 Å². The Kier molecular flexibility index (Phi) is 10.4. The molecule has 0 rings (SSSR count). The zero-order valence-electron chi connectivity index (χ0n) is 10.5. The zero-order valence-corrected chi connectivity index (χ0v) is 11.4. The summed E-state index contributed by atoms with van der Waals surface area (Å²) in [4.78, 5) is 8.43. The van der Waals surface area contributed by atoms with Crippen molar-refractivity contribution in [1.29, 1.82) is 0 Å². The molecular weight excluding hydrogens is 226 g/mol. The van der Waals surface area contributed by atoms with Gasteiger partial charge >= 0.3 is 7.68 Å². The molecule has 0 aromatic rings. The summed E-state index contributed by atoms with van der Waals surface area (Å²) in [5.41, 5.74) is 0. The van der Waals surface area contributed by atoms with Crippen molar-refractivity contribution in [2.45, 2.75) is 71.1 Å². The van der Waals surface area contributed by atoms with Gasteiger partial charge in [0.25, 0.3) is 0 Å². The molecule has 1 N–H and O–H groups in total. The van der Waals surface area contributed by atoms with E-state index in [1.165, 1.54) is 44.9 Å². The Hall–Kier alpha value is 0.120. The summed E-state index contributed by atoms with van der Waals surface area (Å²) in [5, 5.41) is 0. The molecule has 98 valence electrons. The van der Waals surface area contributed by atoms with Gasteiger partial charge in [0, 0.05) is 0 Å². The molecule has 0 radical (unpaired) electrons. The Morgan fingerprint density at radius 2 is 1.25 bits per heavy atom. The first-order chi connectivity index (χ1) is 7.56. The summed E-state index contributed by atoms with van der Waals surface area (Å²) in [6, 6.07) is 0. The number of rotatable bonds is 11. The molecule has 0 heterocycles. The van der Waals surface area contributed by atoms with Crippen LogP contribution in [-0.4, -0.2) is 11.1 Å². The van der Waals surface area contributed by atoms with E-state index in [2.05, 4.69) is 6.92 Å². The van der Waals surface area contributed by atoms with E-state index in [4.69, 9.17) is 4.89 Å². The monoisotopic (exact) mass is 252 g/mol. The van der Waals surface area contributed by atoms with Crippen LogP contribution >= 0.6 is 7.68 Å². The maximum Gasteiger partial charge on any atom is 0.365 e. The predicted molar refractivity (Wildman–Crippen MR) is 67.6 cm³/mol. The lowest BCUT2D eigenvalue weighted by atomic mass is 10.1. The molecule has 0 aliphatic heterocycles. The van der Waals surface area contributed by atoms with Crippen LogP contribution in [0.25, 0.3) is 0 Å². The Labute approximate surface area is 99.2 Å². The highest BCUT2D eigenvalue weighted by Crippen LogP contribution is 2.42. The van der Waals surface area contributed by atoms with Crippen LogP contribution in [0.3, 0.4) is 0 Å². The van der Waals surface area contributed by atoms with Gasteiger partial charge in [0.1, 0.15) is 0 Å². The highest BCUT2D eigenvalue weighted by atomic mass is 31.2. The summed E-state index contributed by atoms with van der Waals surface area (Å²) in [6.45, 7) is 2.21. The fourth-order valence-electron chi connectivity index (χ4n) is 1.79. The molecule has 0 aromatic heterocycles. The van der Waals surface area contributed by atoms with Gasteiger partial charge in [-0.3, -0.25) is 4.57 Å². The molecule has 0 aliphatic carbocycles. The first kappa shape index (κ1) is 16.1. The highest BCUT2D eigenvalue weighted by molar-refractivity contribution is 7.52. The Bertz CT molecular complexity index is 191. The van der Waals surface area contributed by atoms with Gasteiger partial charge in [0.2, 0.25) is 0 Å². The number of hydrogen-bond donors (Lipinski definition) is 1. The highest BCUT2D eigenvalue weighted by Gasteiger charge is 2.13. The average Bonchev–Trinajstić information content (AvgIpc) is 2.19. The van der Waals surface area contributed by atoms with Gasteiger partial charge in [0.05, 0.1) is 6.16 Å². The Balaban J connectivity index is 3.02. The Morgan fingerprint density at radius 3 is 1.62 bits per heavy atom. The van der Waals surface area contributed by atoms with Crippen LogP contribution in [0, 0.1) is 0 Å². The molecule has 16 heavy (non-hydrogen) atoms. The first-order valence-corrected chi connectivity index (χ1v) is 8.31. The van der Waals surface area contributed by atoms with Crippen molar-refractivity contribution in [3.05, 3.63) is 0 Å². The summed E-state index contributed by atoms with van der Waals surface area (Å²) < 4.78 is 22.6. The largest absolute Gasteiger partial charge is 0.365 e. The molecule has 1 atom stereocenters. The van der Waals surface area contributed by atoms with Gasteiger partial charge in [-0.15, -0.1) is 0 Å². The Morgan fingerprint density at radius 1 is 0.875 bits per heavy atom. The standard InChI is InChI=1S/C12H26FO2P/c1-2-3-4-5-6-7-8-9-10-11-12-16(13,14)15/h2-12H2,1H3,(H,14,15). The molecule has 0 aromatic carbocycles. The lowest BCUT2D eigenvalue weighted by Crippen LogP contribution is -1.86. The van der Waals surface area contributed by atoms with Gasteiger partial charge in [0.15, 0.2) is 0 Å². The molecule has 0 saturated heterocycles. The number of hydrogen-bond acceptors (Lipinski definition) is 1. The van der Waals surface area contributed by atoms with Crippen LogP contribution in [0.15, 0.2) is 0 Å². The SMILES string of the molecule is CCCCCCCCCCCCP(=O)(O)F. The van der Waals surface area contributed by atoms with E-state index in [-0.39, 0.29) is 6.16 Å². The van der Waals surface area contributed by atoms with Gasteiger partial charge in [-0.1, -0.05) is 64.7 Å². The van der Waals surface area contributed by atoms with E-state index < -0.39 is 7.68 Å². The zero-order chi connectivity index (χ0) is 12.3. The second-order valence-corrected chi connectivity index (χ2v) is 6.20. The van der Waals surface area contributed by atoms with Gasteiger partial charge < -0.3 is 4.89 Å². The van der Waals surface area contributed by atoms with Crippen molar-refractivity contribution in [2.24, 2.45) is 0 Å². The summed E-state index contributed by atoms with van der Waals surface area (Å²) in [6.07, 6.45) is 11.3. The summed E-state index contributed by atoms with van der Waals surface area (Å²) in [5.74, 6) is 0. The van der Waals surface area contributed by atoms with Gasteiger partial charge in [-0.2, -0.15) is 4.20 Å². The van der Waals surface area contributed by atoms with Crippen LogP contribution in [0.1, 0.15) is 71.1 Å². The maximum absolute atomic E-state index is 12.2.